The smallest absolute Gasteiger partial charge is 0.254 e. The topological polar surface area (TPSA) is 45.2 Å². The normalized spacial score (nSPS) is 10.0. The number of nitrogens with zero attached hydrogens (tertiary/aromatic N) is 2. The van der Waals surface area contributed by atoms with Crippen molar-refractivity contribution in [2.75, 3.05) is 26.0 Å². The van der Waals surface area contributed by atoms with E-state index in [1.165, 1.54) is 11.1 Å². The monoisotopic (exact) mass is 241 g/mol. The highest BCUT2D eigenvalue weighted by atomic mass is 35.5. The Balaban J connectivity index is 2.86. The molecule has 0 saturated heterocycles. The lowest BCUT2D eigenvalue weighted by Gasteiger charge is -2.11. The molecule has 0 atom stereocenters. The second-order valence-electron chi connectivity index (χ2n) is 3.68. The standard InChI is InChI=1S/C11H16ClN3O/c1-4-5-13-10-9(12)6-8(7-14-10)11(16)15(2)3/h6-7H,4-5H2,1-3H3,(H,13,14). The van der Waals surface area contributed by atoms with Crippen molar-refractivity contribution in [2.45, 2.75) is 13.3 Å². The Morgan fingerprint density at radius 3 is 2.75 bits per heavy atom. The van der Waals surface area contributed by atoms with Gasteiger partial charge in [0.05, 0.1) is 10.6 Å². The minimum absolute atomic E-state index is 0.101. The maximum Gasteiger partial charge on any atom is 0.254 e. The average molecular weight is 242 g/mol. The van der Waals surface area contributed by atoms with E-state index in [9.17, 15) is 4.79 Å². The van der Waals surface area contributed by atoms with Crippen LogP contribution >= 0.6 is 11.6 Å². The molecule has 0 spiro atoms. The van der Waals surface area contributed by atoms with Gasteiger partial charge in [-0.1, -0.05) is 18.5 Å². The average Bonchev–Trinajstić information content (AvgIpc) is 2.26. The van der Waals surface area contributed by atoms with Gasteiger partial charge in [0.1, 0.15) is 5.82 Å². The third kappa shape index (κ3) is 3.10. The molecule has 0 fully saturated rings. The molecule has 88 valence electrons. The molecule has 0 aliphatic heterocycles. The van der Waals surface area contributed by atoms with Crippen LogP contribution in [0, 0.1) is 0 Å². The van der Waals surface area contributed by atoms with Gasteiger partial charge < -0.3 is 10.2 Å². The Bertz CT molecular complexity index is 379. The van der Waals surface area contributed by atoms with E-state index in [1.807, 2.05) is 0 Å². The highest BCUT2D eigenvalue weighted by Gasteiger charge is 2.11. The summed E-state index contributed by atoms with van der Waals surface area (Å²) in [7, 11) is 3.39. The largest absolute Gasteiger partial charge is 0.369 e. The molecule has 16 heavy (non-hydrogen) atoms. The highest BCUT2D eigenvalue weighted by Crippen LogP contribution is 2.20. The Kier molecular flexibility index (Phi) is 4.55. The summed E-state index contributed by atoms with van der Waals surface area (Å²) >= 11 is 6.02. The predicted octanol–water partition coefficient (Wildman–Crippen LogP) is 2.26. The Morgan fingerprint density at radius 1 is 1.56 bits per heavy atom. The number of carbonyl (C=O) groups is 1. The molecule has 1 rings (SSSR count). The van der Waals surface area contributed by atoms with Gasteiger partial charge in [-0.2, -0.15) is 0 Å². The lowest BCUT2D eigenvalue weighted by atomic mass is 10.2. The zero-order valence-corrected chi connectivity index (χ0v) is 10.5. The van der Waals surface area contributed by atoms with Crippen molar-refractivity contribution in [3.05, 3.63) is 22.8 Å². The van der Waals surface area contributed by atoms with Gasteiger partial charge in [0, 0.05) is 26.8 Å². The molecule has 0 bridgehead atoms. The van der Waals surface area contributed by atoms with E-state index >= 15 is 0 Å². The summed E-state index contributed by atoms with van der Waals surface area (Å²) in [6, 6.07) is 1.63. The zero-order valence-electron chi connectivity index (χ0n) is 9.75. The van der Waals surface area contributed by atoms with Crippen molar-refractivity contribution < 1.29 is 4.79 Å². The molecule has 5 heteroatoms. The van der Waals surface area contributed by atoms with Crippen LogP contribution in [0.2, 0.25) is 5.02 Å². The molecular weight excluding hydrogens is 226 g/mol. The number of nitrogens with one attached hydrogen (secondary N) is 1. The van der Waals surface area contributed by atoms with Crippen molar-refractivity contribution in [3.63, 3.8) is 0 Å². The third-order valence-corrected chi connectivity index (χ3v) is 2.32. The molecule has 1 heterocycles. The van der Waals surface area contributed by atoms with Gasteiger partial charge in [0.2, 0.25) is 0 Å². The van der Waals surface area contributed by atoms with Gasteiger partial charge in [-0.15, -0.1) is 0 Å². The van der Waals surface area contributed by atoms with Crippen LogP contribution in [0.25, 0.3) is 0 Å². The zero-order chi connectivity index (χ0) is 12.1. The molecule has 1 N–H and O–H groups in total. The van der Waals surface area contributed by atoms with Crippen molar-refractivity contribution in [1.29, 1.82) is 0 Å². The van der Waals surface area contributed by atoms with Crippen molar-refractivity contribution >= 4 is 23.3 Å². The molecule has 0 aliphatic carbocycles. The fraction of sp³-hybridized carbons (Fsp3) is 0.455. The Labute approximate surface area is 101 Å². The van der Waals surface area contributed by atoms with E-state index in [2.05, 4.69) is 17.2 Å². The molecule has 4 nitrogen and oxygen atoms in total. The van der Waals surface area contributed by atoms with Crippen LogP contribution in [-0.4, -0.2) is 36.4 Å². The fourth-order valence-electron chi connectivity index (χ4n) is 1.19. The highest BCUT2D eigenvalue weighted by molar-refractivity contribution is 6.33. The lowest BCUT2D eigenvalue weighted by Crippen LogP contribution is -2.21. The van der Waals surface area contributed by atoms with Crippen LogP contribution in [0.15, 0.2) is 12.3 Å². The summed E-state index contributed by atoms with van der Waals surface area (Å²) < 4.78 is 0. The van der Waals surface area contributed by atoms with Gasteiger partial charge in [0.15, 0.2) is 0 Å². The first kappa shape index (κ1) is 12.8. The Morgan fingerprint density at radius 2 is 2.25 bits per heavy atom. The number of aromatic nitrogens is 1. The maximum absolute atomic E-state index is 11.6. The second kappa shape index (κ2) is 5.70. The molecule has 1 aromatic heterocycles. The summed E-state index contributed by atoms with van der Waals surface area (Å²) in [4.78, 5) is 17.3. The van der Waals surface area contributed by atoms with E-state index in [1.54, 1.807) is 20.2 Å². The number of halogens is 1. The molecule has 0 aromatic carbocycles. The minimum Gasteiger partial charge on any atom is -0.369 e. The number of carbonyl (C=O) groups excluding carboxylic acids is 1. The van der Waals surface area contributed by atoms with E-state index in [4.69, 9.17) is 11.6 Å². The molecule has 0 saturated carbocycles. The van der Waals surface area contributed by atoms with Crippen LogP contribution in [0.5, 0.6) is 0 Å². The van der Waals surface area contributed by atoms with E-state index in [0.29, 0.717) is 16.4 Å². The molecular formula is C11H16ClN3O. The van der Waals surface area contributed by atoms with E-state index in [-0.39, 0.29) is 5.91 Å². The van der Waals surface area contributed by atoms with Crippen LogP contribution < -0.4 is 5.32 Å². The summed E-state index contributed by atoms with van der Waals surface area (Å²) in [5.41, 5.74) is 0.497. The van der Waals surface area contributed by atoms with E-state index in [0.717, 1.165) is 13.0 Å². The van der Waals surface area contributed by atoms with Crippen LogP contribution in [0.1, 0.15) is 23.7 Å². The Hall–Kier alpha value is -1.29. The molecule has 1 amide bonds. The predicted molar refractivity (Wildman–Crippen MR) is 66.0 cm³/mol. The number of hydrogen-bond acceptors (Lipinski definition) is 3. The molecule has 0 radical (unpaired) electrons. The summed E-state index contributed by atoms with van der Waals surface area (Å²) in [6.45, 7) is 2.87. The van der Waals surface area contributed by atoms with Gasteiger partial charge >= 0.3 is 0 Å². The molecule has 0 unspecified atom stereocenters. The van der Waals surface area contributed by atoms with Gasteiger partial charge in [-0.25, -0.2) is 4.98 Å². The number of amides is 1. The van der Waals surface area contributed by atoms with E-state index < -0.39 is 0 Å². The van der Waals surface area contributed by atoms with Gasteiger partial charge in [-0.3, -0.25) is 4.79 Å². The summed E-state index contributed by atoms with van der Waals surface area (Å²) in [5, 5.41) is 3.56. The maximum atomic E-state index is 11.6. The number of rotatable bonds is 4. The first-order chi connectivity index (χ1) is 7.56. The first-order valence-corrected chi connectivity index (χ1v) is 5.55. The van der Waals surface area contributed by atoms with Gasteiger partial charge in [-0.05, 0) is 12.5 Å². The fourth-order valence-corrected chi connectivity index (χ4v) is 1.42. The van der Waals surface area contributed by atoms with Gasteiger partial charge in [0.25, 0.3) is 5.91 Å². The van der Waals surface area contributed by atoms with Crippen molar-refractivity contribution in [1.82, 2.24) is 9.88 Å². The number of pyridine rings is 1. The molecule has 0 aliphatic rings. The van der Waals surface area contributed by atoms with Crippen LogP contribution in [-0.2, 0) is 0 Å². The van der Waals surface area contributed by atoms with Crippen LogP contribution in [0.4, 0.5) is 5.82 Å². The quantitative estimate of drug-likeness (QED) is 0.880. The van der Waals surface area contributed by atoms with Crippen LogP contribution in [0.3, 0.4) is 0 Å². The number of hydrogen-bond donors (Lipinski definition) is 1. The van der Waals surface area contributed by atoms with Crippen molar-refractivity contribution in [3.8, 4) is 0 Å². The first-order valence-electron chi connectivity index (χ1n) is 5.17. The number of anilines is 1. The minimum atomic E-state index is -0.101. The second-order valence-corrected chi connectivity index (χ2v) is 4.09. The lowest BCUT2D eigenvalue weighted by molar-refractivity contribution is 0.0827. The molecule has 1 aromatic rings. The summed E-state index contributed by atoms with van der Waals surface area (Å²) in [5.74, 6) is 0.523. The summed E-state index contributed by atoms with van der Waals surface area (Å²) in [6.07, 6.45) is 2.53. The third-order valence-electron chi connectivity index (χ3n) is 2.04. The SMILES string of the molecule is CCCNc1ncc(C(=O)N(C)C)cc1Cl. The van der Waals surface area contributed by atoms with Crippen molar-refractivity contribution in [2.24, 2.45) is 0 Å².